The zero-order chi connectivity index (χ0) is 23.1. The standard InChI is InChI=1S/C22H24F2N2O5S/c1-30-19-9-5-17(15-20(19)31-22(23)24)11-12-25-21(27)10-6-16-3-7-18(8-4-16)26-13-2-14-32(26,28)29/h3-10,15,22H,2,11-14H2,1H3,(H,25,27)/b10-6+. The molecule has 2 aromatic rings. The van der Waals surface area contributed by atoms with E-state index in [0.717, 1.165) is 5.56 Å². The zero-order valence-electron chi connectivity index (χ0n) is 17.5. The Morgan fingerprint density at radius 3 is 2.56 bits per heavy atom. The Kier molecular flexibility index (Phi) is 7.68. The van der Waals surface area contributed by atoms with E-state index in [0.29, 0.717) is 37.2 Å². The summed E-state index contributed by atoms with van der Waals surface area (Å²) in [6.07, 6.45) is 4.03. The Hall–Kier alpha value is -3.14. The maximum Gasteiger partial charge on any atom is 0.387 e. The van der Waals surface area contributed by atoms with Crippen molar-refractivity contribution in [1.29, 1.82) is 0 Å². The Labute approximate surface area is 185 Å². The van der Waals surface area contributed by atoms with Gasteiger partial charge in [-0.15, -0.1) is 0 Å². The molecule has 0 unspecified atom stereocenters. The topological polar surface area (TPSA) is 84.9 Å². The molecule has 1 saturated heterocycles. The van der Waals surface area contributed by atoms with Gasteiger partial charge in [-0.3, -0.25) is 9.10 Å². The Morgan fingerprint density at radius 1 is 1.19 bits per heavy atom. The van der Waals surface area contributed by atoms with Crippen molar-refractivity contribution < 1.29 is 31.5 Å². The molecule has 7 nitrogen and oxygen atoms in total. The fourth-order valence-electron chi connectivity index (χ4n) is 3.31. The molecule has 172 valence electrons. The van der Waals surface area contributed by atoms with E-state index in [4.69, 9.17) is 4.74 Å². The summed E-state index contributed by atoms with van der Waals surface area (Å²) in [6.45, 7) is -2.18. The molecule has 0 bridgehead atoms. The van der Waals surface area contributed by atoms with Crippen LogP contribution in [0.15, 0.2) is 48.5 Å². The van der Waals surface area contributed by atoms with Crippen LogP contribution in [0.4, 0.5) is 14.5 Å². The third-order valence-electron chi connectivity index (χ3n) is 4.86. The van der Waals surface area contributed by atoms with Crippen LogP contribution in [0, 0.1) is 0 Å². The van der Waals surface area contributed by atoms with Crippen molar-refractivity contribution in [2.24, 2.45) is 0 Å². The molecule has 1 fully saturated rings. The highest BCUT2D eigenvalue weighted by atomic mass is 32.2. The van der Waals surface area contributed by atoms with E-state index in [-0.39, 0.29) is 23.2 Å². The molecule has 1 amide bonds. The summed E-state index contributed by atoms with van der Waals surface area (Å²) in [4.78, 5) is 12.1. The third kappa shape index (κ3) is 6.19. The minimum atomic E-state index is -3.23. The molecular formula is C22H24F2N2O5S. The van der Waals surface area contributed by atoms with E-state index in [1.54, 1.807) is 36.4 Å². The Balaban J connectivity index is 1.51. The summed E-state index contributed by atoms with van der Waals surface area (Å²) in [5.41, 5.74) is 2.07. The highest BCUT2D eigenvalue weighted by Gasteiger charge is 2.28. The molecule has 3 rings (SSSR count). The molecule has 32 heavy (non-hydrogen) atoms. The maximum absolute atomic E-state index is 12.5. The van der Waals surface area contributed by atoms with Crippen LogP contribution >= 0.6 is 0 Å². The van der Waals surface area contributed by atoms with Gasteiger partial charge >= 0.3 is 6.61 Å². The van der Waals surface area contributed by atoms with Crippen LogP contribution in [0.25, 0.3) is 6.08 Å². The molecule has 0 saturated carbocycles. The van der Waals surface area contributed by atoms with E-state index in [2.05, 4.69) is 10.1 Å². The molecule has 1 heterocycles. The number of sulfonamides is 1. The number of alkyl halides is 2. The van der Waals surface area contributed by atoms with Crippen molar-refractivity contribution in [3.8, 4) is 11.5 Å². The van der Waals surface area contributed by atoms with Gasteiger partial charge in [0.05, 0.1) is 18.6 Å². The maximum atomic E-state index is 12.5. The first kappa shape index (κ1) is 23.5. The van der Waals surface area contributed by atoms with Crippen molar-refractivity contribution in [3.05, 3.63) is 59.7 Å². The number of ether oxygens (including phenoxy) is 2. The molecule has 2 aromatic carbocycles. The number of anilines is 1. The monoisotopic (exact) mass is 466 g/mol. The molecule has 0 aromatic heterocycles. The lowest BCUT2D eigenvalue weighted by molar-refractivity contribution is -0.116. The van der Waals surface area contributed by atoms with Gasteiger partial charge in [0.15, 0.2) is 11.5 Å². The van der Waals surface area contributed by atoms with Gasteiger partial charge in [-0.05, 0) is 54.3 Å². The SMILES string of the molecule is COc1ccc(CCNC(=O)/C=C/c2ccc(N3CCCS3(=O)=O)cc2)cc1OC(F)F. The summed E-state index contributed by atoms with van der Waals surface area (Å²) >= 11 is 0. The van der Waals surface area contributed by atoms with Crippen LogP contribution < -0.4 is 19.1 Å². The van der Waals surface area contributed by atoms with E-state index < -0.39 is 16.6 Å². The highest BCUT2D eigenvalue weighted by molar-refractivity contribution is 7.93. The minimum absolute atomic E-state index is 0.0589. The van der Waals surface area contributed by atoms with Crippen LogP contribution in [0.2, 0.25) is 0 Å². The Morgan fingerprint density at radius 2 is 1.94 bits per heavy atom. The normalized spacial score (nSPS) is 15.3. The van der Waals surface area contributed by atoms with Crippen molar-refractivity contribution in [2.45, 2.75) is 19.5 Å². The lowest BCUT2D eigenvalue weighted by Gasteiger charge is -2.16. The summed E-state index contributed by atoms with van der Waals surface area (Å²) in [5.74, 6) is -0.00846. The molecule has 0 atom stereocenters. The van der Waals surface area contributed by atoms with E-state index in [9.17, 15) is 22.0 Å². The molecule has 0 radical (unpaired) electrons. The van der Waals surface area contributed by atoms with Crippen molar-refractivity contribution in [2.75, 3.05) is 30.3 Å². The average molecular weight is 467 g/mol. The number of hydrogen-bond acceptors (Lipinski definition) is 5. The summed E-state index contributed by atoms with van der Waals surface area (Å²) in [6, 6.07) is 11.6. The van der Waals surface area contributed by atoms with Gasteiger partial charge in [0.25, 0.3) is 0 Å². The van der Waals surface area contributed by atoms with Gasteiger partial charge in [-0.25, -0.2) is 8.42 Å². The Bertz CT molecular complexity index is 1070. The fourth-order valence-corrected chi connectivity index (χ4v) is 4.87. The average Bonchev–Trinajstić information content (AvgIpc) is 3.11. The smallest absolute Gasteiger partial charge is 0.387 e. The van der Waals surface area contributed by atoms with Crippen LogP contribution in [-0.2, 0) is 21.2 Å². The fraction of sp³-hybridized carbons (Fsp3) is 0.318. The number of amides is 1. The number of nitrogens with zero attached hydrogens (tertiary/aromatic N) is 1. The largest absolute Gasteiger partial charge is 0.493 e. The van der Waals surface area contributed by atoms with Crippen LogP contribution in [-0.4, -0.2) is 46.9 Å². The van der Waals surface area contributed by atoms with Crippen LogP contribution in [0.1, 0.15) is 17.5 Å². The van der Waals surface area contributed by atoms with Crippen molar-refractivity contribution >= 4 is 27.7 Å². The molecule has 1 aliphatic rings. The molecule has 1 aliphatic heterocycles. The second kappa shape index (κ2) is 10.4. The number of carbonyl (C=O) groups is 1. The number of hydrogen-bond donors (Lipinski definition) is 1. The summed E-state index contributed by atoms with van der Waals surface area (Å²) in [5, 5.41) is 2.72. The van der Waals surface area contributed by atoms with Gasteiger partial charge in [0, 0.05) is 19.2 Å². The van der Waals surface area contributed by atoms with Gasteiger partial charge in [0.2, 0.25) is 15.9 Å². The molecule has 0 aliphatic carbocycles. The van der Waals surface area contributed by atoms with Crippen molar-refractivity contribution in [3.63, 3.8) is 0 Å². The van der Waals surface area contributed by atoms with Gasteiger partial charge < -0.3 is 14.8 Å². The van der Waals surface area contributed by atoms with Crippen LogP contribution in [0.3, 0.4) is 0 Å². The van der Waals surface area contributed by atoms with E-state index in [1.165, 1.54) is 29.6 Å². The van der Waals surface area contributed by atoms with Gasteiger partial charge in [-0.1, -0.05) is 18.2 Å². The number of nitrogens with one attached hydrogen (secondary N) is 1. The van der Waals surface area contributed by atoms with Crippen molar-refractivity contribution in [1.82, 2.24) is 5.32 Å². The lowest BCUT2D eigenvalue weighted by Crippen LogP contribution is -2.24. The predicted molar refractivity (Wildman–Crippen MR) is 118 cm³/mol. The summed E-state index contributed by atoms with van der Waals surface area (Å²) in [7, 11) is -1.86. The number of carbonyl (C=O) groups excluding carboxylic acids is 1. The highest BCUT2D eigenvalue weighted by Crippen LogP contribution is 2.29. The molecule has 10 heteroatoms. The second-order valence-corrected chi connectivity index (χ2v) is 9.08. The first-order valence-corrected chi connectivity index (χ1v) is 11.6. The zero-order valence-corrected chi connectivity index (χ0v) is 18.3. The summed E-state index contributed by atoms with van der Waals surface area (Å²) < 4.78 is 59.8. The van der Waals surface area contributed by atoms with E-state index >= 15 is 0 Å². The minimum Gasteiger partial charge on any atom is -0.493 e. The number of halogens is 2. The first-order valence-electron chi connectivity index (χ1n) is 9.96. The van der Waals surface area contributed by atoms with Gasteiger partial charge in [0.1, 0.15) is 0 Å². The quantitative estimate of drug-likeness (QED) is 0.574. The third-order valence-corrected chi connectivity index (χ3v) is 6.73. The molecular weight excluding hydrogens is 442 g/mol. The number of benzene rings is 2. The lowest BCUT2D eigenvalue weighted by atomic mass is 10.1. The van der Waals surface area contributed by atoms with Gasteiger partial charge in [-0.2, -0.15) is 8.78 Å². The molecule has 0 spiro atoms. The van der Waals surface area contributed by atoms with Crippen LogP contribution in [0.5, 0.6) is 11.5 Å². The predicted octanol–water partition coefficient (Wildman–Crippen LogP) is 3.21. The first-order chi connectivity index (χ1) is 15.3. The number of methoxy groups -OCH3 is 1. The molecule has 1 N–H and O–H groups in total. The number of rotatable bonds is 9. The van der Waals surface area contributed by atoms with E-state index in [1.807, 2.05) is 0 Å². The second-order valence-electron chi connectivity index (χ2n) is 7.07.